The maximum atomic E-state index is 13.6. The molecule has 4 nitrogen and oxygen atoms in total. The van der Waals surface area contributed by atoms with Gasteiger partial charge in [-0.3, -0.25) is 14.6 Å². The SMILES string of the molecule is CCN(CCCCN(CC(=O)OC1CC[C@@]2(C)C(=CCC3C2CC[C@@]2(C)C3CC[C@@H]2[C@H](C)CCCC(C)C)C1)Cc1ccccc1)Cc1ccccc1. The molecule has 292 valence electrons. The average molecular weight is 723 g/mol. The minimum atomic E-state index is -0.0453. The van der Waals surface area contributed by atoms with Gasteiger partial charge in [0.15, 0.2) is 0 Å². The third kappa shape index (κ3) is 9.88. The Bertz CT molecular complexity index is 1460. The first kappa shape index (κ1) is 40.2. The predicted octanol–water partition coefficient (Wildman–Crippen LogP) is 11.7. The van der Waals surface area contributed by atoms with Gasteiger partial charge < -0.3 is 4.74 Å². The monoisotopic (exact) mass is 723 g/mol. The van der Waals surface area contributed by atoms with E-state index < -0.39 is 0 Å². The van der Waals surface area contributed by atoms with Crippen molar-refractivity contribution in [1.29, 1.82) is 0 Å². The molecule has 2 aromatic carbocycles. The summed E-state index contributed by atoms with van der Waals surface area (Å²) in [5, 5.41) is 0. The molecule has 4 heteroatoms. The minimum Gasteiger partial charge on any atom is -0.461 e. The molecule has 0 saturated heterocycles. The number of allylic oxidation sites excluding steroid dienone is 1. The molecule has 3 saturated carbocycles. The highest BCUT2D eigenvalue weighted by Crippen LogP contribution is 2.67. The van der Waals surface area contributed by atoms with Gasteiger partial charge >= 0.3 is 5.97 Å². The predicted molar refractivity (Wildman–Crippen MR) is 221 cm³/mol. The van der Waals surface area contributed by atoms with Crippen LogP contribution >= 0.6 is 0 Å². The van der Waals surface area contributed by atoms with E-state index in [0.29, 0.717) is 12.0 Å². The molecular formula is C49H74N2O2. The van der Waals surface area contributed by atoms with Crippen molar-refractivity contribution in [2.45, 2.75) is 144 Å². The van der Waals surface area contributed by atoms with E-state index in [-0.39, 0.29) is 17.5 Å². The number of carbonyl (C=O) groups is 1. The number of carbonyl (C=O) groups excluding carboxylic acids is 1. The highest BCUT2D eigenvalue weighted by molar-refractivity contribution is 5.72. The molecule has 4 aliphatic carbocycles. The van der Waals surface area contributed by atoms with Gasteiger partial charge in [0.1, 0.15) is 6.10 Å². The molecule has 4 aliphatic rings. The van der Waals surface area contributed by atoms with Crippen LogP contribution in [0.25, 0.3) is 0 Å². The molecule has 0 N–H and O–H groups in total. The summed E-state index contributed by atoms with van der Waals surface area (Å²) in [6, 6.07) is 21.4. The normalized spacial score (nSPS) is 30.1. The number of unbranched alkanes of at least 4 members (excludes halogenated alkanes) is 1. The molecule has 53 heavy (non-hydrogen) atoms. The molecule has 0 heterocycles. The van der Waals surface area contributed by atoms with E-state index in [2.05, 4.69) is 118 Å². The van der Waals surface area contributed by atoms with Crippen molar-refractivity contribution in [2.24, 2.45) is 46.3 Å². The summed E-state index contributed by atoms with van der Waals surface area (Å²) in [4.78, 5) is 18.5. The van der Waals surface area contributed by atoms with Crippen LogP contribution in [0.3, 0.4) is 0 Å². The lowest BCUT2D eigenvalue weighted by Crippen LogP contribution is -2.51. The fourth-order valence-corrected chi connectivity index (χ4v) is 12.1. The van der Waals surface area contributed by atoms with Crippen LogP contribution in [0.5, 0.6) is 0 Å². The number of esters is 1. The second-order valence-electron chi connectivity index (χ2n) is 18.9. The molecule has 0 aromatic heterocycles. The highest BCUT2D eigenvalue weighted by atomic mass is 16.5. The summed E-state index contributed by atoms with van der Waals surface area (Å²) in [6.45, 7) is 20.1. The fraction of sp³-hybridized carbons (Fsp3) is 0.694. The Kier molecular flexibility index (Phi) is 14.0. The van der Waals surface area contributed by atoms with Gasteiger partial charge in [0.2, 0.25) is 0 Å². The fourth-order valence-electron chi connectivity index (χ4n) is 12.1. The smallest absolute Gasteiger partial charge is 0.320 e. The molecule has 2 aromatic rings. The first-order valence-electron chi connectivity index (χ1n) is 22.0. The largest absolute Gasteiger partial charge is 0.461 e. The Morgan fingerprint density at radius 2 is 1.45 bits per heavy atom. The number of nitrogens with zero attached hydrogens (tertiary/aromatic N) is 2. The van der Waals surface area contributed by atoms with Crippen LogP contribution in [0, 0.1) is 46.3 Å². The zero-order valence-electron chi connectivity index (χ0n) is 34.5. The number of fused-ring (bicyclic) bond motifs is 5. The zero-order valence-corrected chi connectivity index (χ0v) is 34.5. The lowest BCUT2D eigenvalue weighted by molar-refractivity contribution is -0.153. The standard InChI is InChI=1S/C49H74N2O2/c1-7-50(34-39-19-10-8-11-20-39)31-14-15-32-51(35-40-21-12-9-13-22-40)36-47(52)53-42-27-29-48(5)41(33-42)23-24-43-45-26-25-44(38(4)18-16-17-37(2)3)49(45,6)30-28-46(43)48/h8-13,19-23,37-38,42-46H,7,14-18,24-36H2,1-6H3/t38-,42?,43?,44-,45?,46?,48+,49-/m1/s1. The first-order valence-corrected chi connectivity index (χ1v) is 22.0. The maximum absolute atomic E-state index is 13.6. The second kappa shape index (κ2) is 18.5. The number of hydrogen-bond donors (Lipinski definition) is 0. The van der Waals surface area contributed by atoms with Gasteiger partial charge in [-0.25, -0.2) is 0 Å². The minimum absolute atomic E-state index is 0.0180. The van der Waals surface area contributed by atoms with Crippen LogP contribution < -0.4 is 0 Å². The summed E-state index contributed by atoms with van der Waals surface area (Å²) < 4.78 is 6.36. The van der Waals surface area contributed by atoms with Crippen molar-refractivity contribution in [1.82, 2.24) is 9.80 Å². The van der Waals surface area contributed by atoms with Gasteiger partial charge in [-0.1, -0.05) is 133 Å². The van der Waals surface area contributed by atoms with Gasteiger partial charge in [0, 0.05) is 19.5 Å². The lowest BCUT2D eigenvalue weighted by Gasteiger charge is -2.58. The van der Waals surface area contributed by atoms with E-state index in [9.17, 15) is 4.79 Å². The average Bonchev–Trinajstić information content (AvgIpc) is 3.51. The highest BCUT2D eigenvalue weighted by Gasteiger charge is 2.59. The summed E-state index contributed by atoms with van der Waals surface area (Å²) in [6.07, 6.45) is 19.1. The lowest BCUT2D eigenvalue weighted by atomic mass is 9.47. The van der Waals surface area contributed by atoms with Crippen molar-refractivity contribution in [3.05, 3.63) is 83.4 Å². The van der Waals surface area contributed by atoms with Crippen LogP contribution in [-0.4, -0.2) is 48.1 Å². The van der Waals surface area contributed by atoms with Crippen LogP contribution in [0.1, 0.15) is 136 Å². The third-order valence-electron chi connectivity index (χ3n) is 15.1. The quantitative estimate of drug-likeness (QED) is 0.0871. The second-order valence-corrected chi connectivity index (χ2v) is 18.9. The van der Waals surface area contributed by atoms with Crippen LogP contribution in [0.15, 0.2) is 72.3 Å². The molecule has 3 fully saturated rings. The first-order chi connectivity index (χ1) is 25.6. The summed E-state index contributed by atoms with van der Waals surface area (Å²) in [5.41, 5.74) is 5.04. The van der Waals surface area contributed by atoms with E-state index in [1.165, 1.54) is 68.9 Å². The van der Waals surface area contributed by atoms with Crippen LogP contribution in [0.4, 0.5) is 0 Å². The molecule has 4 unspecified atom stereocenters. The number of rotatable bonds is 18. The molecule has 6 rings (SSSR count). The van der Waals surface area contributed by atoms with Gasteiger partial charge in [0.05, 0.1) is 6.54 Å². The van der Waals surface area contributed by atoms with Crippen molar-refractivity contribution >= 4 is 5.97 Å². The Morgan fingerprint density at radius 1 is 0.792 bits per heavy atom. The van der Waals surface area contributed by atoms with Gasteiger partial charge in [-0.2, -0.15) is 0 Å². The third-order valence-corrected chi connectivity index (χ3v) is 15.1. The molecule has 0 spiro atoms. The van der Waals surface area contributed by atoms with Gasteiger partial charge in [-0.05, 0) is 135 Å². The molecule has 0 aliphatic heterocycles. The zero-order chi connectivity index (χ0) is 37.4. The summed E-state index contributed by atoms with van der Waals surface area (Å²) >= 11 is 0. The van der Waals surface area contributed by atoms with Crippen molar-refractivity contribution < 1.29 is 9.53 Å². The Morgan fingerprint density at radius 3 is 2.11 bits per heavy atom. The molecule has 0 amide bonds. The molecule has 0 radical (unpaired) electrons. The van der Waals surface area contributed by atoms with Crippen molar-refractivity contribution in [2.75, 3.05) is 26.2 Å². The van der Waals surface area contributed by atoms with Gasteiger partial charge in [-0.15, -0.1) is 0 Å². The van der Waals surface area contributed by atoms with E-state index in [1.54, 1.807) is 5.57 Å². The van der Waals surface area contributed by atoms with Crippen molar-refractivity contribution in [3.63, 3.8) is 0 Å². The summed E-state index contributed by atoms with van der Waals surface area (Å²) in [5.74, 6) is 5.06. The number of hydrogen-bond acceptors (Lipinski definition) is 4. The summed E-state index contributed by atoms with van der Waals surface area (Å²) in [7, 11) is 0. The van der Waals surface area contributed by atoms with E-state index in [0.717, 1.165) is 93.9 Å². The molecular weight excluding hydrogens is 649 g/mol. The van der Waals surface area contributed by atoms with E-state index >= 15 is 0 Å². The number of benzene rings is 2. The Labute approximate surface area is 324 Å². The van der Waals surface area contributed by atoms with Crippen LogP contribution in [0.2, 0.25) is 0 Å². The van der Waals surface area contributed by atoms with E-state index in [4.69, 9.17) is 4.74 Å². The molecule has 0 bridgehead atoms. The Hall–Kier alpha value is -2.43. The van der Waals surface area contributed by atoms with Crippen LogP contribution in [-0.2, 0) is 22.6 Å². The molecule has 8 atom stereocenters. The topological polar surface area (TPSA) is 32.8 Å². The number of ether oxygens (including phenoxy) is 1. The van der Waals surface area contributed by atoms with E-state index in [1.807, 2.05) is 0 Å². The van der Waals surface area contributed by atoms with Crippen molar-refractivity contribution in [3.8, 4) is 0 Å². The maximum Gasteiger partial charge on any atom is 0.320 e. The Balaban J connectivity index is 1.02. The van der Waals surface area contributed by atoms with Gasteiger partial charge in [0.25, 0.3) is 0 Å².